The molecule has 2 rings (SSSR count). The number of carboxylic acids is 1. The summed E-state index contributed by atoms with van der Waals surface area (Å²) in [6.45, 7) is 0. The number of fused-ring (bicyclic) bond motifs is 1. The molecular weight excluding hydrogens is 220 g/mol. The van der Waals surface area contributed by atoms with Crippen molar-refractivity contribution in [2.24, 2.45) is 4.99 Å². The minimum Gasteiger partial charge on any atom is -0.481 e. The number of nitrogens with zero attached hydrogens (tertiary/aromatic N) is 2. The van der Waals surface area contributed by atoms with Crippen molar-refractivity contribution in [3.8, 4) is 0 Å². The number of rotatable bonds is 2. The number of aliphatic hydroxyl groups excluding tert-OH is 1. The van der Waals surface area contributed by atoms with Gasteiger partial charge in [0.2, 0.25) is 0 Å². The van der Waals surface area contributed by atoms with Crippen molar-refractivity contribution in [1.29, 1.82) is 0 Å². The van der Waals surface area contributed by atoms with E-state index in [4.69, 9.17) is 16.7 Å². The second-order valence-electron chi connectivity index (χ2n) is 3.32. The van der Waals surface area contributed by atoms with Crippen LogP contribution in [0.5, 0.6) is 0 Å². The number of aliphatic hydroxyl groups is 1. The Bertz CT molecular complexity index is 389. The maximum absolute atomic E-state index is 10.6. The van der Waals surface area contributed by atoms with Crippen LogP contribution >= 0.6 is 11.6 Å². The van der Waals surface area contributed by atoms with E-state index in [0.29, 0.717) is 10.9 Å². The highest BCUT2D eigenvalue weighted by atomic mass is 35.5. The van der Waals surface area contributed by atoms with Crippen molar-refractivity contribution < 1.29 is 15.0 Å². The molecule has 0 saturated heterocycles. The molecule has 0 bridgehead atoms. The second-order valence-corrected chi connectivity index (χ2v) is 3.76. The van der Waals surface area contributed by atoms with Gasteiger partial charge in [0.15, 0.2) is 6.23 Å². The Labute approximate surface area is 91.0 Å². The van der Waals surface area contributed by atoms with Crippen LogP contribution in [-0.2, 0) is 4.79 Å². The lowest BCUT2D eigenvalue weighted by Crippen LogP contribution is -2.38. The van der Waals surface area contributed by atoms with Gasteiger partial charge in [-0.2, -0.15) is 0 Å². The zero-order valence-corrected chi connectivity index (χ0v) is 8.42. The molecule has 0 saturated carbocycles. The molecule has 15 heavy (non-hydrogen) atoms. The van der Waals surface area contributed by atoms with E-state index in [0.717, 1.165) is 0 Å². The monoisotopic (exact) mass is 228 g/mol. The van der Waals surface area contributed by atoms with Gasteiger partial charge < -0.3 is 15.1 Å². The van der Waals surface area contributed by atoms with Gasteiger partial charge in [-0.25, -0.2) is 4.99 Å². The minimum atomic E-state index is -1.01. The van der Waals surface area contributed by atoms with E-state index in [2.05, 4.69) is 4.99 Å². The van der Waals surface area contributed by atoms with E-state index in [9.17, 15) is 9.90 Å². The summed E-state index contributed by atoms with van der Waals surface area (Å²) < 4.78 is 0. The lowest BCUT2D eigenvalue weighted by molar-refractivity contribution is -0.138. The molecule has 0 amide bonds. The normalized spacial score (nSPS) is 28.5. The second kappa shape index (κ2) is 3.67. The molecule has 80 valence electrons. The maximum atomic E-state index is 10.6. The van der Waals surface area contributed by atoms with Gasteiger partial charge in [-0.15, -0.1) is 0 Å². The molecule has 0 spiro atoms. The fourth-order valence-corrected chi connectivity index (χ4v) is 1.77. The Morgan fingerprint density at radius 1 is 1.60 bits per heavy atom. The highest BCUT2D eigenvalue weighted by molar-refractivity contribution is 6.32. The van der Waals surface area contributed by atoms with Gasteiger partial charge in [-0.05, 0) is 12.2 Å². The molecule has 0 radical (unpaired) electrons. The highest BCUT2D eigenvalue weighted by Gasteiger charge is 2.35. The van der Waals surface area contributed by atoms with Gasteiger partial charge in [0, 0.05) is 6.20 Å². The van der Waals surface area contributed by atoms with Crippen LogP contribution in [0.3, 0.4) is 0 Å². The predicted molar refractivity (Wildman–Crippen MR) is 54.4 cm³/mol. The molecule has 0 aliphatic carbocycles. The fraction of sp³-hybridized carbons (Fsp3) is 0.333. The molecule has 2 aliphatic heterocycles. The number of hydrogen-bond donors (Lipinski definition) is 2. The smallest absolute Gasteiger partial charge is 0.305 e. The standard InChI is InChI=1S/C9H9ClN2O3/c10-5-1-2-7-11-9(15)6(3-8(13)14)12(7)4-5/h1-2,4,6,9,15H,3H2,(H,13,14). The van der Waals surface area contributed by atoms with Gasteiger partial charge in [0.1, 0.15) is 5.84 Å². The molecule has 6 heteroatoms. The summed E-state index contributed by atoms with van der Waals surface area (Å²) in [6.07, 6.45) is 3.67. The molecule has 5 nitrogen and oxygen atoms in total. The lowest BCUT2D eigenvalue weighted by atomic mass is 10.1. The molecule has 0 aromatic carbocycles. The highest BCUT2D eigenvalue weighted by Crippen LogP contribution is 2.25. The Balaban J connectivity index is 2.23. The van der Waals surface area contributed by atoms with Crippen LogP contribution in [0.25, 0.3) is 0 Å². The van der Waals surface area contributed by atoms with Crippen LogP contribution in [0.2, 0.25) is 0 Å². The van der Waals surface area contributed by atoms with Gasteiger partial charge in [0.25, 0.3) is 0 Å². The quantitative estimate of drug-likeness (QED) is 0.723. The largest absolute Gasteiger partial charge is 0.481 e. The lowest BCUT2D eigenvalue weighted by Gasteiger charge is -2.25. The first-order valence-electron chi connectivity index (χ1n) is 4.39. The van der Waals surface area contributed by atoms with Crippen LogP contribution in [0.1, 0.15) is 6.42 Å². The van der Waals surface area contributed by atoms with Crippen molar-refractivity contribution in [2.45, 2.75) is 18.7 Å². The van der Waals surface area contributed by atoms with Crippen molar-refractivity contribution in [3.05, 3.63) is 23.4 Å². The van der Waals surface area contributed by atoms with Crippen LogP contribution in [0.4, 0.5) is 0 Å². The first-order valence-corrected chi connectivity index (χ1v) is 4.77. The number of carboxylic acid groups (broad SMARTS) is 1. The molecule has 2 heterocycles. The third-order valence-electron chi connectivity index (χ3n) is 2.27. The van der Waals surface area contributed by atoms with Crippen LogP contribution in [0, 0.1) is 0 Å². The Morgan fingerprint density at radius 3 is 3.00 bits per heavy atom. The van der Waals surface area contributed by atoms with Crippen molar-refractivity contribution in [3.63, 3.8) is 0 Å². The molecular formula is C9H9ClN2O3. The third-order valence-corrected chi connectivity index (χ3v) is 2.49. The fourth-order valence-electron chi connectivity index (χ4n) is 1.61. The predicted octanol–water partition coefficient (Wildman–Crippen LogP) is 0.512. The summed E-state index contributed by atoms with van der Waals surface area (Å²) in [4.78, 5) is 16.1. The summed E-state index contributed by atoms with van der Waals surface area (Å²) in [5.74, 6) is -0.437. The van der Waals surface area contributed by atoms with Crippen molar-refractivity contribution in [2.75, 3.05) is 0 Å². The van der Waals surface area contributed by atoms with E-state index in [1.165, 1.54) is 0 Å². The Morgan fingerprint density at radius 2 is 2.33 bits per heavy atom. The zero-order chi connectivity index (χ0) is 11.0. The molecule has 2 N–H and O–H groups in total. The van der Waals surface area contributed by atoms with Crippen molar-refractivity contribution >= 4 is 23.4 Å². The van der Waals surface area contributed by atoms with Crippen LogP contribution < -0.4 is 0 Å². The van der Waals surface area contributed by atoms with E-state index in [-0.39, 0.29) is 6.42 Å². The zero-order valence-electron chi connectivity index (χ0n) is 7.67. The molecule has 2 atom stereocenters. The SMILES string of the molecule is O=C(O)CC1C(O)N=C2C=CC(Cl)=CN21. The molecule has 0 aromatic heterocycles. The number of halogens is 1. The van der Waals surface area contributed by atoms with E-state index >= 15 is 0 Å². The number of allylic oxidation sites excluding steroid dienone is 2. The van der Waals surface area contributed by atoms with Crippen LogP contribution in [0.15, 0.2) is 28.4 Å². The number of amidine groups is 1. The number of carbonyl (C=O) groups is 1. The van der Waals surface area contributed by atoms with Crippen molar-refractivity contribution in [1.82, 2.24) is 4.90 Å². The Hall–Kier alpha value is -1.33. The van der Waals surface area contributed by atoms with E-state index in [1.807, 2.05) is 0 Å². The van der Waals surface area contributed by atoms with Gasteiger partial charge in [-0.1, -0.05) is 11.6 Å². The summed E-state index contributed by atoms with van der Waals surface area (Å²) in [6, 6.07) is -0.573. The molecule has 2 aliphatic rings. The van der Waals surface area contributed by atoms with E-state index < -0.39 is 18.2 Å². The van der Waals surface area contributed by atoms with Gasteiger partial charge in [0.05, 0.1) is 17.5 Å². The maximum Gasteiger partial charge on any atom is 0.305 e. The third kappa shape index (κ3) is 1.88. The number of aliphatic carboxylic acids is 1. The first-order chi connectivity index (χ1) is 7.08. The summed E-state index contributed by atoms with van der Waals surface area (Å²) >= 11 is 5.78. The summed E-state index contributed by atoms with van der Waals surface area (Å²) in [5, 5.41) is 18.7. The molecule has 0 aromatic rings. The first kappa shape index (κ1) is 10.2. The van der Waals surface area contributed by atoms with Gasteiger partial charge >= 0.3 is 5.97 Å². The van der Waals surface area contributed by atoms with Crippen LogP contribution in [-0.4, -0.2) is 39.2 Å². The van der Waals surface area contributed by atoms with Gasteiger partial charge in [-0.3, -0.25) is 4.79 Å². The Kier molecular flexibility index (Phi) is 2.50. The molecule has 2 unspecified atom stereocenters. The topological polar surface area (TPSA) is 73.1 Å². The summed E-state index contributed by atoms with van der Waals surface area (Å²) in [7, 11) is 0. The molecule has 0 fully saturated rings. The number of aliphatic imine (C=N–C) groups is 1. The average Bonchev–Trinajstić information content (AvgIpc) is 2.43. The number of hydrogen-bond acceptors (Lipinski definition) is 4. The van der Waals surface area contributed by atoms with E-state index in [1.54, 1.807) is 23.3 Å². The minimum absolute atomic E-state index is 0.178. The summed E-state index contributed by atoms with van der Waals surface area (Å²) in [5.41, 5.74) is 0. The average molecular weight is 229 g/mol.